The molecule has 0 spiro atoms. The third-order valence-corrected chi connectivity index (χ3v) is 6.83. The lowest BCUT2D eigenvalue weighted by atomic mass is 10.1. The van der Waals surface area contributed by atoms with E-state index in [0.717, 1.165) is 17.0 Å². The molecule has 0 bridgehead atoms. The number of methoxy groups -OCH3 is 1. The van der Waals surface area contributed by atoms with Gasteiger partial charge >= 0.3 is 0 Å². The molecule has 174 valence electrons. The van der Waals surface area contributed by atoms with Crippen molar-refractivity contribution in [1.82, 2.24) is 14.8 Å². The molecule has 4 aromatic rings. The third kappa shape index (κ3) is 5.61. The summed E-state index contributed by atoms with van der Waals surface area (Å²) in [5.41, 5.74) is 2.63. The minimum atomic E-state index is -0.527. The van der Waals surface area contributed by atoms with Crippen LogP contribution in [0, 0.1) is 0 Å². The second-order valence-corrected chi connectivity index (χ2v) is 9.03. The highest BCUT2D eigenvalue weighted by Gasteiger charge is 2.26. The number of halogens is 1. The van der Waals surface area contributed by atoms with E-state index < -0.39 is 5.25 Å². The maximum atomic E-state index is 13.4. The topological polar surface area (TPSA) is 69.0 Å². The van der Waals surface area contributed by atoms with Crippen molar-refractivity contribution in [2.75, 3.05) is 12.4 Å². The maximum absolute atomic E-state index is 13.4. The van der Waals surface area contributed by atoms with Gasteiger partial charge in [-0.2, -0.15) is 0 Å². The highest BCUT2D eigenvalue weighted by molar-refractivity contribution is 8.00. The number of hydrogen-bond acceptors (Lipinski definition) is 5. The molecule has 0 fully saturated rings. The molecule has 0 radical (unpaired) electrons. The van der Waals surface area contributed by atoms with Crippen LogP contribution in [-0.4, -0.2) is 27.8 Å². The Morgan fingerprint density at radius 3 is 2.41 bits per heavy atom. The van der Waals surface area contributed by atoms with Crippen molar-refractivity contribution in [3.8, 4) is 5.75 Å². The molecule has 0 aliphatic heterocycles. The summed E-state index contributed by atoms with van der Waals surface area (Å²) in [4.78, 5) is 13.4. The molecule has 6 nitrogen and oxygen atoms in total. The first-order valence-corrected chi connectivity index (χ1v) is 12.2. The van der Waals surface area contributed by atoms with Gasteiger partial charge in [-0.15, -0.1) is 10.2 Å². The molecule has 0 saturated heterocycles. The summed E-state index contributed by atoms with van der Waals surface area (Å²) < 4.78 is 7.27. The molecule has 8 heteroatoms. The molecule has 4 rings (SSSR count). The lowest BCUT2D eigenvalue weighted by Gasteiger charge is -2.17. The van der Waals surface area contributed by atoms with Crippen molar-refractivity contribution in [1.29, 1.82) is 0 Å². The zero-order valence-corrected chi connectivity index (χ0v) is 20.5. The van der Waals surface area contributed by atoms with Gasteiger partial charge in [-0.25, -0.2) is 0 Å². The van der Waals surface area contributed by atoms with E-state index >= 15 is 0 Å². The maximum Gasteiger partial charge on any atom is 0.242 e. The zero-order chi connectivity index (χ0) is 23.9. The highest BCUT2D eigenvalue weighted by atomic mass is 35.5. The van der Waals surface area contributed by atoms with Crippen LogP contribution in [0.1, 0.15) is 29.1 Å². The van der Waals surface area contributed by atoms with Crippen LogP contribution in [-0.2, 0) is 17.8 Å². The van der Waals surface area contributed by atoms with E-state index in [1.165, 1.54) is 11.8 Å². The predicted octanol–water partition coefficient (Wildman–Crippen LogP) is 6.02. The second-order valence-electron chi connectivity index (χ2n) is 7.55. The molecule has 1 unspecified atom stereocenters. The number of benzene rings is 3. The Hall–Kier alpha value is -3.29. The summed E-state index contributed by atoms with van der Waals surface area (Å²) in [7, 11) is 1.55. The number of anilines is 1. The van der Waals surface area contributed by atoms with Crippen molar-refractivity contribution in [2.45, 2.75) is 30.3 Å². The van der Waals surface area contributed by atoms with Crippen LogP contribution in [0.25, 0.3) is 0 Å². The normalized spacial score (nSPS) is 11.7. The molecule has 0 aliphatic rings. The summed E-state index contributed by atoms with van der Waals surface area (Å²) in [6.07, 6.45) is 0.675. The Morgan fingerprint density at radius 1 is 1.06 bits per heavy atom. The molecule has 1 amide bonds. The van der Waals surface area contributed by atoms with Gasteiger partial charge in [-0.1, -0.05) is 84.0 Å². The fourth-order valence-electron chi connectivity index (χ4n) is 3.59. The number of hydrogen-bond donors (Lipinski definition) is 1. The van der Waals surface area contributed by atoms with Gasteiger partial charge in [-0.3, -0.25) is 4.79 Å². The number of nitrogens with one attached hydrogen (secondary N) is 1. The molecular formula is C26H25ClN4O2S. The largest absolute Gasteiger partial charge is 0.495 e. The van der Waals surface area contributed by atoms with Gasteiger partial charge in [0.15, 0.2) is 5.16 Å². The van der Waals surface area contributed by atoms with Crippen LogP contribution in [0.5, 0.6) is 5.75 Å². The van der Waals surface area contributed by atoms with Crippen LogP contribution >= 0.6 is 23.4 Å². The first-order valence-electron chi connectivity index (χ1n) is 10.9. The van der Waals surface area contributed by atoms with E-state index in [1.54, 1.807) is 25.3 Å². The molecular weight excluding hydrogens is 468 g/mol. The van der Waals surface area contributed by atoms with Crippen LogP contribution in [0.15, 0.2) is 84.0 Å². The van der Waals surface area contributed by atoms with Crippen LogP contribution in [0.2, 0.25) is 5.02 Å². The van der Waals surface area contributed by atoms with Crippen LogP contribution in [0.3, 0.4) is 0 Å². The van der Waals surface area contributed by atoms with Gasteiger partial charge in [0.1, 0.15) is 16.8 Å². The standard InChI is InChI=1S/C26H25ClN4O2S/c1-3-31-23(16-18-10-6-4-7-11-18)29-30-26(31)34-24(19-12-8-5-9-13-19)25(32)28-20-14-15-22(33-2)21(27)17-20/h4-15,17,24H,3,16H2,1-2H3,(H,28,32). The third-order valence-electron chi connectivity index (χ3n) is 5.30. The molecule has 1 N–H and O–H groups in total. The summed E-state index contributed by atoms with van der Waals surface area (Å²) >= 11 is 7.63. The summed E-state index contributed by atoms with van der Waals surface area (Å²) in [6.45, 7) is 2.76. The number of rotatable bonds is 9. The Morgan fingerprint density at radius 2 is 1.76 bits per heavy atom. The fourth-order valence-corrected chi connectivity index (χ4v) is 4.97. The number of aromatic nitrogens is 3. The molecule has 1 aromatic heterocycles. The van der Waals surface area contributed by atoms with Crippen molar-refractivity contribution in [3.63, 3.8) is 0 Å². The number of carbonyl (C=O) groups is 1. The van der Waals surface area contributed by atoms with E-state index in [1.807, 2.05) is 48.5 Å². The first-order chi connectivity index (χ1) is 16.6. The van der Waals surface area contributed by atoms with E-state index in [0.29, 0.717) is 34.6 Å². The zero-order valence-electron chi connectivity index (χ0n) is 18.9. The number of amides is 1. The average Bonchev–Trinajstić information content (AvgIpc) is 3.24. The molecule has 3 aromatic carbocycles. The van der Waals surface area contributed by atoms with Gasteiger partial charge in [0.25, 0.3) is 0 Å². The summed E-state index contributed by atoms with van der Waals surface area (Å²) in [6, 6.07) is 25.0. The van der Waals surface area contributed by atoms with E-state index in [4.69, 9.17) is 16.3 Å². The van der Waals surface area contributed by atoms with E-state index in [9.17, 15) is 4.79 Å². The van der Waals surface area contributed by atoms with Crippen LogP contribution < -0.4 is 10.1 Å². The number of thioether (sulfide) groups is 1. The van der Waals surface area contributed by atoms with Crippen molar-refractivity contribution >= 4 is 35.0 Å². The van der Waals surface area contributed by atoms with Crippen LogP contribution in [0.4, 0.5) is 5.69 Å². The minimum absolute atomic E-state index is 0.173. The van der Waals surface area contributed by atoms with Crippen molar-refractivity contribution < 1.29 is 9.53 Å². The average molecular weight is 493 g/mol. The second kappa shape index (κ2) is 11.2. The fraction of sp³-hybridized carbons (Fsp3) is 0.192. The first kappa shape index (κ1) is 23.9. The smallest absolute Gasteiger partial charge is 0.242 e. The van der Waals surface area contributed by atoms with Gasteiger partial charge in [0.2, 0.25) is 5.91 Å². The molecule has 0 saturated carbocycles. The quantitative estimate of drug-likeness (QED) is 0.289. The Bertz CT molecular complexity index is 1250. The number of carbonyl (C=O) groups excluding carboxylic acids is 1. The lowest BCUT2D eigenvalue weighted by molar-refractivity contribution is -0.115. The Labute approximate surface area is 208 Å². The lowest BCUT2D eigenvalue weighted by Crippen LogP contribution is -2.19. The van der Waals surface area contributed by atoms with Gasteiger partial charge in [-0.05, 0) is 36.2 Å². The summed E-state index contributed by atoms with van der Waals surface area (Å²) in [5, 5.41) is 12.4. The Kier molecular flexibility index (Phi) is 7.87. The number of nitrogens with zero attached hydrogens (tertiary/aromatic N) is 3. The van der Waals surface area contributed by atoms with Gasteiger partial charge in [0.05, 0.1) is 12.1 Å². The monoisotopic (exact) mass is 492 g/mol. The molecule has 34 heavy (non-hydrogen) atoms. The molecule has 1 atom stereocenters. The number of ether oxygens (including phenoxy) is 1. The van der Waals surface area contributed by atoms with E-state index in [-0.39, 0.29) is 5.91 Å². The summed E-state index contributed by atoms with van der Waals surface area (Å²) in [5.74, 6) is 1.24. The van der Waals surface area contributed by atoms with E-state index in [2.05, 4.69) is 39.1 Å². The predicted molar refractivity (Wildman–Crippen MR) is 137 cm³/mol. The van der Waals surface area contributed by atoms with Gasteiger partial charge in [0, 0.05) is 18.7 Å². The highest BCUT2D eigenvalue weighted by Crippen LogP contribution is 2.36. The van der Waals surface area contributed by atoms with Gasteiger partial charge < -0.3 is 14.6 Å². The Balaban J connectivity index is 1.60. The SMILES string of the molecule is CCn1c(Cc2ccccc2)nnc1SC(C(=O)Nc1ccc(OC)c(Cl)c1)c1ccccc1. The van der Waals surface area contributed by atoms with Crippen molar-refractivity contribution in [3.05, 3.63) is 101 Å². The van der Waals surface area contributed by atoms with Crippen molar-refractivity contribution in [2.24, 2.45) is 0 Å². The molecule has 0 aliphatic carbocycles. The minimum Gasteiger partial charge on any atom is -0.495 e. The molecule has 1 heterocycles.